The van der Waals surface area contributed by atoms with Gasteiger partial charge in [-0.1, -0.05) is 0 Å². The van der Waals surface area contributed by atoms with Crippen LogP contribution in [-0.4, -0.2) is 12.1 Å². The van der Waals surface area contributed by atoms with Crippen molar-refractivity contribution < 1.29 is 4.74 Å². The zero-order valence-electron chi connectivity index (χ0n) is 5.59. The molecule has 0 aromatic rings. The van der Waals surface area contributed by atoms with Crippen LogP contribution in [0, 0.1) is 0 Å². The molecule has 0 aromatic carbocycles. The van der Waals surface area contributed by atoms with E-state index in [2.05, 4.69) is 4.99 Å². The van der Waals surface area contributed by atoms with Gasteiger partial charge in [-0.2, -0.15) is 0 Å². The van der Waals surface area contributed by atoms with E-state index < -0.39 is 0 Å². The van der Waals surface area contributed by atoms with Crippen molar-refractivity contribution in [2.75, 3.05) is 0 Å². The summed E-state index contributed by atoms with van der Waals surface area (Å²) in [6, 6.07) is 0.380. The van der Waals surface area contributed by atoms with Gasteiger partial charge in [-0.3, -0.25) is 0 Å². The second kappa shape index (κ2) is 2.09. The van der Waals surface area contributed by atoms with Gasteiger partial charge in [-0.15, -0.1) is 0 Å². The van der Waals surface area contributed by atoms with Gasteiger partial charge in [0, 0.05) is 0 Å². The molecule has 9 heavy (non-hydrogen) atoms. The fraction of sp³-hybridized carbons (Fsp3) is 0.500. The minimum atomic E-state index is 0.106. The molecule has 0 fully saturated rings. The number of amidine groups is 1. The van der Waals surface area contributed by atoms with Gasteiger partial charge in [0.1, 0.15) is 11.8 Å². The largest absolute Gasteiger partial charge is 0.429 e. The molecule has 2 N–H and O–H groups in total. The van der Waals surface area contributed by atoms with Crippen LogP contribution in [0.1, 0.15) is 13.8 Å². The molecule has 0 saturated carbocycles. The van der Waals surface area contributed by atoms with Crippen LogP contribution in [0.5, 0.6) is 0 Å². The third-order valence-electron chi connectivity index (χ3n) is 1.24. The highest BCUT2D eigenvalue weighted by atomic mass is 16.5. The number of allylic oxidation sites excluding steroid dienone is 1. The Bertz CT molecular complexity index is 172. The van der Waals surface area contributed by atoms with Crippen molar-refractivity contribution in [1.82, 2.24) is 0 Å². The van der Waals surface area contributed by atoms with Gasteiger partial charge >= 0.3 is 0 Å². The number of hydrogen-bond acceptors (Lipinski definition) is 3. The molecule has 0 amide bonds. The SMILES string of the molecule is CC=C1OC(N)=NC1C. The quantitative estimate of drug-likeness (QED) is 0.517. The van der Waals surface area contributed by atoms with Crippen molar-refractivity contribution in [2.45, 2.75) is 19.9 Å². The Balaban J connectivity index is 2.71. The summed E-state index contributed by atoms with van der Waals surface area (Å²) in [5.41, 5.74) is 5.28. The fourth-order valence-corrected chi connectivity index (χ4v) is 0.787. The molecule has 0 aliphatic carbocycles. The van der Waals surface area contributed by atoms with Crippen molar-refractivity contribution in [3.8, 4) is 0 Å². The van der Waals surface area contributed by atoms with Crippen LogP contribution in [0.3, 0.4) is 0 Å². The molecular formula is C6H10N2O. The van der Waals surface area contributed by atoms with E-state index in [1.165, 1.54) is 0 Å². The van der Waals surface area contributed by atoms with Crippen LogP contribution in [0.2, 0.25) is 0 Å². The summed E-state index contributed by atoms with van der Waals surface area (Å²) in [6.07, 6.45) is 1.87. The van der Waals surface area contributed by atoms with Crippen molar-refractivity contribution >= 4 is 6.02 Å². The highest BCUT2D eigenvalue weighted by molar-refractivity contribution is 5.75. The number of hydrogen-bond donors (Lipinski definition) is 1. The van der Waals surface area contributed by atoms with E-state index in [4.69, 9.17) is 10.5 Å². The Morgan fingerprint density at radius 3 is 2.67 bits per heavy atom. The lowest BCUT2D eigenvalue weighted by molar-refractivity contribution is 0.414. The summed E-state index contributed by atoms with van der Waals surface area (Å²) in [6.45, 7) is 3.84. The number of ether oxygens (including phenoxy) is 1. The molecule has 0 bridgehead atoms. The van der Waals surface area contributed by atoms with Crippen LogP contribution in [0.25, 0.3) is 0 Å². The Morgan fingerprint density at radius 1 is 1.78 bits per heavy atom. The first-order chi connectivity index (χ1) is 4.24. The van der Waals surface area contributed by atoms with Gasteiger partial charge in [0.15, 0.2) is 0 Å². The van der Waals surface area contributed by atoms with E-state index in [9.17, 15) is 0 Å². The van der Waals surface area contributed by atoms with Crippen LogP contribution >= 0.6 is 0 Å². The molecular weight excluding hydrogens is 116 g/mol. The van der Waals surface area contributed by atoms with E-state index >= 15 is 0 Å². The van der Waals surface area contributed by atoms with Crippen LogP contribution in [0.4, 0.5) is 0 Å². The van der Waals surface area contributed by atoms with Gasteiger partial charge in [0.2, 0.25) is 0 Å². The standard InChI is InChI=1S/C6H10N2O/c1-3-5-4(2)8-6(7)9-5/h3-4H,1-2H3,(H2,7,8). The Labute approximate surface area is 54.2 Å². The molecule has 1 aliphatic heterocycles. The van der Waals surface area contributed by atoms with E-state index in [0.717, 1.165) is 5.76 Å². The van der Waals surface area contributed by atoms with Gasteiger partial charge < -0.3 is 10.5 Å². The lowest BCUT2D eigenvalue weighted by Crippen LogP contribution is -2.09. The molecule has 1 unspecified atom stereocenters. The Hall–Kier alpha value is -0.990. The molecule has 1 heterocycles. The van der Waals surface area contributed by atoms with E-state index in [1.54, 1.807) is 0 Å². The minimum Gasteiger partial charge on any atom is -0.429 e. The number of aliphatic imine (C=N–C) groups is 1. The lowest BCUT2D eigenvalue weighted by atomic mass is 10.3. The maximum Gasteiger partial charge on any atom is 0.287 e. The van der Waals surface area contributed by atoms with Crippen molar-refractivity contribution in [3.05, 3.63) is 11.8 Å². The van der Waals surface area contributed by atoms with Gasteiger partial charge in [-0.25, -0.2) is 4.99 Å². The lowest BCUT2D eigenvalue weighted by Gasteiger charge is -1.98. The smallest absolute Gasteiger partial charge is 0.287 e. The summed E-state index contributed by atoms with van der Waals surface area (Å²) in [4.78, 5) is 3.95. The summed E-state index contributed by atoms with van der Waals surface area (Å²) in [5, 5.41) is 0. The normalized spacial score (nSPS) is 30.2. The molecule has 3 heteroatoms. The molecule has 1 aliphatic rings. The van der Waals surface area contributed by atoms with Crippen LogP contribution in [0.15, 0.2) is 16.8 Å². The zero-order chi connectivity index (χ0) is 6.85. The molecule has 0 spiro atoms. The molecule has 1 atom stereocenters. The highest BCUT2D eigenvalue weighted by Crippen LogP contribution is 2.13. The molecule has 0 radical (unpaired) electrons. The highest BCUT2D eigenvalue weighted by Gasteiger charge is 2.16. The van der Waals surface area contributed by atoms with Crippen molar-refractivity contribution in [2.24, 2.45) is 10.7 Å². The average molecular weight is 126 g/mol. The third kappa shape index (κ3) is 1.04. The topological polar surface area (TPSA) is 47.6 Å². The second-order valence-electron chi connectivity index (χ2n) is 1.94. The van der Waals surface area contributed by atoms with Crippen LogP contribution in [-0.2, 0) is 4.74 Å². The monoisotopic (exact) mass is 126 g/mol. The Kier molecular flexibility index (Phi) is 1.42. The predicted molar refractivity (Wildman–Crippen MR) is 35.9 cm³/mol. The molecule has 0 saturated heterocycles. The summed E-state index contributed by atoms with van der Waals surface area (Å²) in [7, 11) is 0. The maximum absolute atomic E-state index is 5.28. The molecule has 50 valence electrons. The third-order valence-corrected chi connectivity index (χ3v) is 1.24. The zero-order valence-corrected chi connectivity index (χ0v) is 5.59. The summed E-state index contributed by atoms with van der Waals surface area (Å²) >= 11 is 0. The molecule has 3 nitrogen and oxygen atoms in total. The first kappa shape index (κ1) is 6.13. The number of nitrogens with zero attached hydrogens (tertiary/aromatic N) is 1. The second-order valence-corrected chi connectivity index (χ2v) is 1.94. The van der Waals surface area contributed by atoms with E-state index in [1.807, 2.05) is 19.9 Å². The van der Waals surface area contributed by atoms with Crippen molar-refractivity contribution in [3.63, 3.8) is 0 Å². The average Bonchev–Trinajstić information content (AvgIpc) is 2.10. The van der Waals surface area contributed by atoms with Crippen molar-refractivity contribution in [1.29, 1.82) is 0 Å². The molecule has 1 rings (SSSR count). The Morgan fingerprint density at radius 2 is 2.44 bits per heavy atom. The summed E-state index contributed by atoms with van der Waals surface area (Å²) in [5.74, 6) is 0.840. The minimum absolute atomic E-state index is 0.106. The first-order valence-corrected chi connectivity index (χ1v) is 2.91. The summed E-state index contributed by atoms with van der Waals surface area (Å²) < 4.78 is 5.01. The van der Waals surface area contributed by atoms with Gasteiger partial charge in [-0.05, 0) is 19.9 Å². The first-order valence-electron chi connectivity index (χ1n) is 2.91. The molecule has 0 aromatic heterocycles. The van der Waals surface area contributed by atoms with E-state index in [-0.39, 0.29) is 12.1 Å². The van der Waals surface area contributed by atoms with Crippen LogP contribution < -0.4 is 5.73 Å². The fourth-order valence-electron chi connectivity index (χ4n) is 0.787. The van der Waals surface area contributed by atoms with Gasteiger partial charge in [0.25, 0.3) is 6.02 Å². The predicted octanol–water partition coefficient (Wildman–Crippen LogP) is 0.624. The number of rotatable bonds is 0. The maximum atomic E-state index is 5.28. The van der Waals surface area contributed by atoms with Gasteiger partial charge in [0.05, 0.1) is 0 Å². The van der Waals surface area contributed by atoms with E-state index in [0.29, 0.717) is 0 Å². The number of nitrogens with two attached hydrogens (primary N) is 1.